The van der Waals surface area contributed by atoms with Crippen molar-refractivity contribution in [3.05, 3.63) is 28.2 Å². The number of likely N-dealkylation sites (N-methyl/N-ethyl adjacent to an activating group) is 1. The molecule has 0 amide bonds. The lowest BCUT2D eigenvalue weighted by atomic mass is 10.2. The van der Waals surface area contributed by atoms with Crippen molar-refractivity contribution in [1.29, 1.82) is 0 Å². The Labute approximate surface area is 112 Å². The highest BCUT2D eigenvalue weighted by Crippen LogP contribution is 2.20. The lowest BCUT2D eigenvalue weighted by Gasteiger charge is -2.18. The highest BCUT2D eigenvalue weighted by atomic mass is 79.9. The monoisotopic (exact) mass is 300 g/mol. The van der Waals surface area contributed by atoms with Crippen molar-refractivity contribution in [1.82, 2.24) is 4.90 Å². The summed E-state index contributed by atoms with van der Waals surface area (Å²) < 4.78 is 6.59. The SMILES string of the molecule is CC(C)OCCN(C)Cc1ccc(N)cc1Br. The molecule has 0 radical (unpaired) electrons. The molecule has 0 aliphatic rings. The first kappa shape index (κ1) is 14.5. The van der Waals surface area contributed by atoms with Crippen LogP contribution in [0.15, 0.2) is 22.7 Å². The highest BCUT2D eigenvalue weighted by Gasteiger charge is 2.05. The summed E-state index contributed by atoms with van der Waals surface area (Å²) in [5, 5.41) is 0. The summed E-state index contributed by atoms with van der Waals surface area (Å²) in [6.07, 6.45) is 0.298. The molecule has 2 N–H and O–H groups in total. The number of rotatable bonds is 6. The summed E-state index contributed by atoms with van der Waals surface area (Å²) in [4.78, 5) is 2.23. The topological polar surface area (TPSA) is 38.5 Å². The van der Waals surface area contributed by atoms with E-state index in [9.17, 15) is 0 Å². The molecule has 0 heterocycles. The van der Waals surface area contributed by atoms with Crippen molar-refractivity contribution in [3.8, 4) is 0 Å². The van der Waals surface area contributed by atoms with E-state index in [0.29, 0.717) is 6.10 Å². The van der Waals surface area contributed by atoms with Crippen LogP contribution in [0.25, 0.3) is 0 Å². The minimum atomic E-state index is 0.298. The minimum Gasteiger partial charge on any atom is -0.399 e. The maximum absolute atomic E-state index is 5.71. The Morgan fingerprint density at radius 2 is 2.12 bits per heavy atom. The molecular formula is C13H21BrN2O. The van der Waals surface area contributed by atoms with Gasteiger partial charge < -0.3 is 10.5 Å². The van der Waals surface area contributed by atoms with Crippen LogP contribution >= 0.6 is 15.9 Å². The molecule has 17 heavy (non-hydrogen) atoms. The van der Waals surface area contributed by atoms with E-state index in [1.165, 1.54) is 5.56 Å². The van der Waals surface area contributed by atoms with Crippen LogP contribution in [0, 0.1) is 0 Å². The Hall–Kier alpha value is -0.580. The fraction of sp³-hybridized carbons (Fsp3) is 0.538. The van der Waals surface area contributed by atoms with E-state index in [1.54, 1.807) is 0 Å². The standard InChI is InChI=1S/C13H21BrN2O/c1-10(2)17-7-6-16(3)9-11-4-5-12(15)8-13(11)14/h4-5,8,10H,6-7,9,15H2,1-3H3. The summed E-state index contributed by atoms with van der Waals surface area (Å²) in [5.41, 5.74) is 7.73. The maximum Gasteiger partial charge on any atom is 0.0596 e. The van der Waals surface area contributed by atoms with Crippen LogP contribution in [0.4, 0.5) is 5.69 Å². The maximum atomic E-state index is 5.71. The predicted molar refractivity (Wildman–Crippen MR) is 76.0 cm³/mol. The molecule has 0 saturated carbocycles. The number of halogens is 1. The second-order valence-electron chi connectivity index (χ2n) is 4.51. The Morgan fingerprint density at radius 1 is 1.41 bits per heavy atom. The second-order valence-corrected chi connectivity index (χ2v) is 5.36. The second kappa shape index (κ2) is 6.99. The normalized spacial score (nSPS) is 11.4. The predicted octanol–water partition coefficient (Wildman–Crippen LogP) is 2.89. The average Bonchev–Trinajstić information content (AvgIpc) is 2.21. The van der Waals surface area contributed by atoms with Crippen molar-refractivity contribution in [2.75, 3.05) is 25.9 Å². The number of hydrogen-bond acceptors (Lipinski definition) is 3. The Kier molecular flexibility index (Phi) is 5.95. The number of hydrogen-bond donors (Lipinski definition) is 1. The van der Waals surface area contributed by atoms with Gasteiger partial charge in [-0.15, -0.1) is 0 Å². The van der Waals surface area contributed by atoms with Crippen molar-refractivity contribution in [3.63, 3.8) is 0 Å². The number of nitrogens with two attached hydrogens (primary N) is 1. The van der Waals surface area contributed by atoms with E-state index in [4.69, 9.17) is 10.5 Å². The summed E-state index contributed by atoms with van der Waals surface area (Å²) in [6.45, 7) is 6.69. The molecule has 0 saturated heterocycles. The van der Waals surface area contributed by atoms with Crippen LogP contribution in [-0.2, 0) is 11.3 Å². The number of anilines is 1. The first-order valence-corrected chi connectivity index (χ1v) is 6.62. The smallest absolute Gasteiger partial charge is 0.0596 e. The van der Waals surface area contributed by atoms with Crippen LogP contribution in [0.5, 0.6) is 0 Å². The van der Waals surface area contributed by atoms with Crippen LogP contribution in [0.1, 0.15) is 19.4 Å². The number of nitrogen functional groups attached to an aromatic ring is 1. The molecule has 4 heteroatoms. The van der Waals surface area contributed by atoms with E-state index in [0.717, 1.165) is 29.9 Å². The molecule has 1 aromatic carbocycles. The van der Waals surface area contributed by atoms with Gasteiger partial charge >= 0.3 is 0 Å². The van der Waals surface area contributed by atoms with Gasteiger partial charge in [0, 0.05) is 23.2 Å². The molecule has 3 nitrogen and oxygen atoms in total. The van der Waals surface area contributed by atoms with Crippen molar-refractivity contribution < 1.29 is 4.74 Å². The van der Waals surface area contributed by atoms with Gasteiger partial charge in [0.25, 0.3) is 0 Å². The quantitative estimate of drug-likeness (QED) is 0.821. The molecule has 0 spiro atoms. The Bertz CT molecular complexity index is 355. The summed E-state index contributed by atoms with van der Waals surface area (Å²) in [7, 11) is 2.09. The van der Waals surface area contributed by atoms with Gasteiger partial charge in [0.05, 0.1) is 12.7 Å². The Morgan fingerprint density at radius 3 is 2.71 bits per heavy atom. The van der Waals surface area contributed by atoms with Crippen LogP contribution in [0.3, 0.4) is 0 Å². The molecule has 1 rings (SSSR count). The average molecular weight is 301 g/mol. The third-order valence-electron chi connectivity index (χ3n) is 2.44. The molecule has 0 atom stereocenters. The lowest BCUT2D eigenvalue weighted by molar-refractivity contribution is 0.0627. The van der Waals surface area contributed by atoms with Gasteiger partial charge in [0.2, 0.25) is 0 Å². The van der Waals surface area contributed by atoms with E-state index < -0.39 is 0 Å². The zero-order chi connectivity index (χ0) is 12.8. The molecular weight excluding hydrogens is 280 g/mol. The van der Waals surface area contributed by atoms with Crippen molar-refractivity contribution in [2.45, 2.75) is 26.5 Å². The van der Waals surface area contributed by atoms with Crippen LogP contribution in [-0.4, -0.2) is 31.2 Å². The zero-order valence-corrected chi connectivity index (χ0v) is 12.3. The van der Waals surface area contributed by atoms with Crippen LogP contribution in [0.2, 0.25) is 0 Å². The van der Waals surface area contributed by atoms with E-state index in [-0.39, 0.29) is 0 Å². The number of ether oxygens (including phenoxy) is 1. The molecule has 0 aromatic heterocycles. The molecule has 0 bridgehead atoms. The molecule has 0 fully saturated rings. The van der Waals surface area contributed by atoms with Crippen molar-refractivity contribution >= 4 is 21.6 Å². The zero-order valence-electron chi connectivity index (χ0n) is 10.7. The Balaban J connectivity index is 2.42. The molecule has 0 aliphatic heterocycles. The molecule has 1 aromatic rings. The van der Waals surface area contributed by atoms with Gasteiger partial charge in [-0.25, -0.2) is 0 Å². The van der Waals surface area contributed by atoms with Gasteiger partial charge in [-0.05, 0) is 38.6 Å². The van der Waals surface area contributed by atoms with Crippen molar-refractivity contribution in [2.24, 2.45) is 0 Å². The molecule has 96 valence electrons. The van der Waals surface area contributed by atoms with Gasteiger partial charge in [0.15, 0.2) is 0 Å². The molecule has 0 unspecified atom stereocenters. The molecule has 0 aliphatic carbocycles. The van der Waals surface area contributed by atoms with Gasteiger partial charge in [-0.3, -0.25) is 4.90 Å². The third kappa shape index (κ3) is 5.52. The first-order chi connectivity index (χ1) is 7.99. The largest absolute Gasteiger partial charge is 0.399 e. The summed E-state index contributed by atoms with van der Waals surface area (Å²) >= 11 is 3.53. The van der Waals surface area contributed by atoms with Gasteiger partial charge in [0.1, 0.15) is 0 Å². The summed E-state index contributed by atoms with van der Waals surface area (Å²) in [6, 6.07) is 5.92. The minimum absolute atomic E-state index is 0.298. The first-order valence-electron chi connectivity index (χ1n) is 5.83. The fourth-order valence-corrected chi connectivity index (χ4v) is 2.03. The number of benzene rings is 1. The highest BCUT2D eigenvalue weighted by molar-refractivity contribution is 9.10. The third-order valence-corrected chi connectivity index (χ3v) is 3.18. The van der Waals surface area contributed by atoms with E-state index in [2.05, 4.69) is 47.8 Å². The fourth-order valence-electron chi connectivity index (χ4n) is 1.51. The van der Waals surface area contributed by atoms with Crippen LogP contribution < -0.4 is 5.73 Å². The summed E-state index contributed by atoms with van der Waals surface area (Å²) in [5.74, 6) is 0. The number of nitrogens with zero attached hydrogens (tertiary/aromatic N) is 1. The van der Waals surface area contributed by atoms with E-state index in [1.807, 2.05) is 12.1 Å². The van der Waals surface area contributed by atoms with Gasteiger partial charge in [-0.1, -0.05) is 22.0 Å². The lowest BCUT2D eigenvalue weighted by Crippen LogP contribution is -2.24. The van der Waals surface area contributed by atoms with E-state index >= 15 is 0 Å². The van der Waals surface area contributed by atoms with Gasteiger partial charge in [-0.2, -0.15) is 0 Å².